The molecular weight excluding hydrogens is 281 g/mol. The Hall–Kier alpha value is -2.69. The molecule has 0 aliphatic rings. The molecule has 2 heterocycles. The molecule has 1 amide bonds. The summed E-state index contributed by atoms with van der Waals surface area (Å²) in [5.41, 5.74) is 3.31. The summed E-state index contributed by atoms with van der Waals surface area (Å²) in [6, 6.07) is 9.87. The van der Waals surface area contributed by atoms with Crippen LogP contribution in [0.4, 0.5) is 4.39 Å². The lowest BCUT2D eigenvalue weighted by molar-refractivity contribution is 0.0953. The van der Waals surface area contributed by atoms with E-state index in [1.165, 1.54) is 12.1 Å². The van der Waals surface area contributed by atoms with E-state index < -0.39 is 0 Å². The highest BCUT2D eigenvalue weighted by Crippen LogP contribution is 2.07. The molecule has 4 nitrogen and oxygen atoms in total. The number of carbonyl (C=O) groups is 1. The SMILES string of the molecule is Cc1cn2cc(C(=O)NCCc3ccc(F)cc3)ccc2n1. The van der Waals surface area contributed by atoms with Crippen molar-refractivity contribution in [1.82, 2.24) is 14.7 Å². The molecule has 0 radical (unpaired) electrons. The molecule has 0 aliphatic carbocycles. The van der Waals surface area contributed by atoms with Crippen LogP contribution in [0.15, 0.2) is 48.8 Å². The van der Waals surface area contributed by atoms with Crippen molar-refractivity contribution in [3.8, 4) is 0 Å². The molecular formula is C17H16FN3O. The van der Waals surface area contributed by atoms with Gasteiger partial charge in [-0.3, -0.25) is 4.79 Å². The van der Waals surface area contributed by atoms with Gasteiger partial charge in [-0.2, -0.15) is 0 Å². The van der Waals surface area contributed by atoms with Gasteiger partial charge >= 0.3 is 0 Å². The summed E-state index contributed by atoms with van der Waals surface area (Å²) in [7, 11) is 0. The number of carbonyl (C=O) groups excluding carboxylic acids is 1. The number of hydrogen-bond donors (Lipinski definition) is 1. The van der Waals surface area contributed by atoms with E-state index in [4.69, 9.17) is 0 Å². The molecule has 0 atom stereocenters. The number of rotatable bonds is 4. The highest BCUT2D eigenvalue weighted by atomic mass is 19.1. The highest BCUT2D eigenvalue weighted by molar-refractivity contribution is 5.94. The fraction of sp³-hybridized carbons (Fsp3) is 0.176. The van der Waals surface area contributed by atoms with Gasteiger partial charge in [0.25, 0.3) is 5.91 Å². The summed E-state index contributed by atoms with van der Waals surface area (Å²) in [6.45, 7) is 2.42. The fourth-order valence-electron chi connectivity index (χ4n) is 2.33. The monoisotopic (exact) mass is 297 g/mol. The fourth-order valence-corrected chi connectivity index (χ4v) is 2.33. The molecule has 0 aliphatic heterocycles. The third kappa shape index (κ3) is 3.14. The lowest BCUT2D eigenvalue weighted by Gasteiger charge is -2.06. The van der Waals surface area contributed by atoms with E-state index in [2.05, 4.69) is 10.3 Å². The van der Waals surface area contributed by atoms with Crippen molar-refractivity contribution in [2.45, 2.75) is 13.3 Å². The molecule has 0 spiro atoms. The average Bonchev–Trinajstić information content (AvgIpc) is 2.88. The van der Waals surface area contributed by atoms with Crippen LogP contribution in [0, 0.1) is 12.7 Å². The van der Waals surface area contributed by atoms with E-state index >= 15 is 0 Å². The maximum Gasteiger partial charge on any atom is 0.252 e. The topological polar surface area (TPSA) is 46.4 Å². The third-order valence-electron chi connectivity index (χ3n) is 3.45. The number of nitrogens with zero attached hydrogens (tertiary/aromatic N) is 2. The van der Waals surface area contributed by atoms with Crippen LogP contribution in [0.3, 0.4) is 0 Å². The Balaban J connectivity index is 1.61. The predicted molar refractivity (Wildman–Crippen MR) is 82.4 cm³/mol. The summed E-state index contributed by atoms with van der Waals surface area (Å²) in [4.78, 5) is 16.5. The number of imidazole rings is 1. The zero-order valence-electron chi connectivity index (χ0n) is 12.2. The van der Waals surface area contributed by atoms with Crippen LogP contribution in [0.25, 0.3) is 5.65 Å². The van der Waals surface area contributed by atoms with Crippen molar-refractivity contribution < 1.29 is 9.18 Å². The second-order valence-corrected chi connectivity index (χ2v) is 5.20. The Morgan fingerprint density at radius 2 is 1.95 bits per heavy atom. The number of pyridine rings is 1. The third-order valence-corrected chi connectivity index (χ3v) is 3.45. The van der Waals surface area contributed by atoms with Crippen LogP contribution in [-0.2, 0) is 6.42 Å². The number of halogens is 1. The van der Waals surface area contributed by atoms with Gasteiger partial charge in [0.2, 0.25) is 0 Å². The highest BCUT2D eigenvalue weighted by Gasteiger charge is 2.07. The van der Waals surface area contributed by atoms with Crippen LogP contribution in [0.1, 0.15) is 21.6 Å². The van der Waals surface area contributed by atoms with Crippen LogP contribution in [-0.4, -0.2) is 21.8 Å². The van der Waals surface area contributed by atoms with E-state index in [-0.39, 0.29) is 11.7 Å². The normalized spacial score (nSPS) is 10.8. The van der Waals surface area contributed by atoms with Crippen LogP contribution in [0.5, 0.6) is 0 Å². The molecule has 1 N–H and O–H groups in total. The number of amides is 1. The quantitative estimate of drug-likeness (QED) is 0.805. The lowest BCUT2D eigenvalue weighted by Crippen LogP contribution is -2.25. The van der Waals surface area contributed by atoms with Gasteiger partial charge in [0, 0.05) is 18.9 Å². The first-order valence-corrected chi connectivity index (χ1v) is 7.10. The van der Waals surface area contributed by atoms with Gasteiger partial charge in [-0.1, -0.05) is 12.1 Å². The average molecular weight is 297 g/mol. The van der Waals surface area contributed by atoms with Crippen LogP contribution < -0.4 is 5.32 Å². The molecule has 1 aromatic carbocycles. The Labute approximate surface area is 127 Å². The zero-order chi connectivity index (χ0) is 15.5. The molecule has 0 bridgehead atoms. The van der Waals surface area contributed by atoms with E-state index in [1.54, 1.807) is 24.4 Å². The largest absolute Gasteiger partial charge is 0.352 e. The summed E-state index contributed by atoms with van der Waals surface area (Å²) < 4.78 is 14.6. The van der Waals surface area contributed by atoms with Gasteiger partial charge in [0.1, 0.15) is 11.5 Å². The van der Waals surface area contributed by atoms with E-state index in [1.807, 2.05) is 23.6 Å². The van der Waals surface area contributed by atoms with Crippen molar-refractivity contribution in [1.29, 1.82) is 0 Å². The van der Waals surface area contributed by atoms with Crippen LogP contribution >= 0.6 is 0 Å². The molecule has 0 fully saturated rings. The molecule has 112 valence electrons. The van der Waals surface area contributed by atoms with E-state index in [0.29, 0.717) is 18.5 Å². The molecule has 3 rings (SSSR count). The maximum absolute atomic E-state index is 12.8. The first-order chi connectivity index (χ1) is 10.6. The molecule has 3 aromatic rings. The second-order valence-electron chi connectivity index (χ2n) is 5.20. The summed E-state index contributed by atoms with van der Waals surface area (Å²) in [5.74, 6) is -0.382. The molecule has 5 heteroatoms. The summed E-state index contributed by atoms with van der Waals surface area (Å²) in [6.07, 6.45) is 4.31. The minimum absolute atomic E-state index is 0.129. The molecule has 0 unspecified atom stereocenters. The first-order valence-electron chi connectivity index (χ1n) is 7.10. The van der Waals surface area contributed by atoms with Crippen molar-refractivity contribution in [2.24, 2.45) is 0 Å². The summed E-state index contributed by atoms with van der Waals surface area (Å²) in [5, 5.41) is 2.87. The predicted octanol–water partition coefficient (Wildman–Crippen LogP) is 2.75. The number of aromatic nitrogens is 2. The minimum atomic E-state index is -0.253. The summed E-state index contributed by atoms with van der Waals surface area (Å²) >= 11 is 0. The molecule has 0 saturated carbocycles. The Bertz CT molecular complexity index is 808. The zero-order valence-corrected chi connectivity index (χ0v) is 12.2. The van der Waals surface area contributed by atoms with Crippen LogP contribution in [0.2, 0.25) is 0 Å². The Morgan fingerprint density at radius 1 is 1.18 bits per heavy atom. The van der Waals surface area contributed by atoms with Crippen molar-refractivity contribution >= 4 is 11.6 Å². The number of fused-ring (bicyclic) bond motifs is 1. The number of benzene rings is 1. The van der Waals surface area contributed by atoms with Gasteiger partial charge in [-0.25, -0.2) is 9.37 Å². The lowest BCUT2D eigenvalue weighted by atomic mass is 10.1. The standard InChI is InChI=1S/C17H16FN3O/c1-12-10-21-11-14(4-7-16(21)20-12)17(22)19-9-8-13-2-5-15(18)6-3-13/h2-7,10-11H,8-9H2,1H3,(H,19,22). The Morgan fingerprint density at radius 3 is 2.73 bits per heavy atom. The van der Waals surface area contributed by atoms with Crippen molar-refractivity contribution in [3.05, 3.63) is 71.4 Å². The first kappa shape index (κ1) is 14.3. The van der Waals surface area contributed by atoms with E-state index in [0.717, 1.165) is 16.9 Å². The van der Waals surface area contributed by atoms with Gasteiger partial charge in [0.15, 0.2) is 0 Å². The van der Waals surface area contributed by atoms with Crippen molar-refractivity contribution in [2.75, 3.05) is 6.54 Å². The Kier molecular flexibility index (Phi) is 3.87. The second kappa shape index (κ2) is 5.97. The van der Waals surface area contributed by atoms with Gasteiger partial charge < -0.3 is 9.72 Å². The van der Waals surface area contributed by atoms with E-state index in [9.17, 15) is 9.18 Å². The molecule has 2 aromatic heterocycles. The number of aryl methyl sites for hydroxylation is 1. The molecule has 0 saturated heterocycles. The number of hydrogen-bond acceptors (Lipinski definition) is 2. The van der Waals surface area contributed by atoms with Gasteiger partial charge in [-0.15, -0.1) is 0 Å². The number of nitrogens with one attached hydrogen (secondary N) is 1. The van der Waals surface area contributed by atoms with Gasteiger partial charge in [0.05, 0.1) is 11.3 Å². The maximum atomic E-state index is 12.8. The minimum Gasteiger partial charge on any atom is -0.352 e. The smallest absolute Gasteiger partial charge is 0.252 e. The van der Waals surface area contributed by atoms with Gasteiger partial charge in [-0.05, 0) is 43.2 Å². The molecule has 22 heavy (non-hydrogen) atoms. The van der Waals surface area contributed by atoms with Crippen molar-refractivity contribution in [3.63, 3.8) is 0 Å².